The van der Waals surface area contributed by atoms with E-state index in [1.54, 1.807) is 20.8 Å². The molecule has 1 N–H and O–H groups in total. The molecule has 1 fully saturated rings. The SMILES string of the molecule is CC(C)(C)OC(=O)N1C[C@@H](N=[N+]=[N-])C[C@@H]1C(=O)O. The van der Waals surface area contributed by atoms with Crippen molar-refractivity contribution in [1.29, 1.82) is 0 Å². The Bertz CT molecular complexity index is 397. The van der Waals surface area contributed by atoms with Gasteiger partial charge in [-0.3, -0.25) is 4.90 Å². The number of amides is 1. The molecule has 0 aromatic rings. The first-order chi connectivity index (χ1) is 8.24. The number of hydrogen-bond donors (Lipinski definition) is 1. The van der Waals surface area contributed by atoms with E-state index in [2.05, 4.69) is 10.0 Å². The third kappa shape index (κ3) is 3.53. The molecule has 1 aliphatic heterocycles. The number of hydrogen-bond acceptors (Lipinski definition) is 4. The molecule has 1 amide bonds. The van der Waals surface area contributed by atoms with Crippen molar-refractivity contribution in [1.82, 2.24) is 4.90 Å². The van der Waals surface area contributed by atoms with Crippen molar-refractivity contribution < 1.29 is 19.4 Å². The Kier molecular flexibility index (Phi) is 4.03. The first-order valence-electron chi connectivity index (χ1n) is 5.51. The van der Waals surface area contributed by atoms with Crippen LogP contribution in [0.2, 0.25) is 0 Å². The molecule has 0 radical (unpaired) electrons. The van der Waals surface area contributed by atoms with Crippen molar-refractivity contribution in [3.8, 4) is 0 Å². The van der Waals surface area contributed by atoms with Gasteiger partial charge >= 0.3 is 12.1 Å². The number of carbonyl (C=O) groups is 2. The van der Waals surface area contributed by atoms with E-state index in [1.165, 1.54) is 0 Å². The predicted octanol–water partition coefficient (Wildman–Crippen LogP) is 1.76. The Labute approximate surface area is 104 Å². The van der Waals surface area contributed by atoms with Gasteiger partial charge < -0.3 is 9.84 Å². The minimum Gasteiger partial charge on any atom is -0.480 e. The molecule has 100 valence electrons. The molecule has 1 saturated heterocycles. The van der Waals surface area contributed by atoms with Gasteiger partial charge in [-0.25, -0.2) is 9.59 Å². The summed E-state index contributed by atoms with van der Waals surface area (Å²) in [5.74, 6) is -1.13. The lowest BCUT2D eigenvalue weighted by Crippen LogP contribution is -2.43. The molecule has 8 nitrogen and oxygen atoms in total. The number of nitrogens with zero attached hydrogens (tertiary/aromatic N) is 4. The second-order valence-electron chi connectivity index (χ2n) is 5.08. The zero-order valence-corrected chi connectivity index (χ0v) is 10.5. The summed E-state index contributed by atoms with van der Waals surface area (Å²) < 4.78 is 5.12. The summed E-state index contributed by atoms with van der Waals surface area (Å²) in [7, 11) is 0. The number of rotatable bonds is 2. The summed E-state index contributed by atoms with van der Waals surface area (Å²) in [6.45, 7) is 5.15. The van der Waals surface area contributed by atoms with Crippen molar-refractivity contribution in [2.45, 2.75) is 44.9 Å². The number of aliphatic carboxylic acids is 1. The lowest BCUT2D eigenvalue weighted by molar-refractivity contribution is -0.142. The fourth-order valence-corrected chi connectivity index (χ4v) is 1.73. The van der Waals surface area contributed by atoms with E-state index in [0.29, 0.717) is 0 Å². The van der Waals surface area contributed by atoms with Crippen molar-refractivity contribution >= 4 is 12.1 Å². The van der Waals surface area contributed by atoms with Gasteiger partial charge in [-0.05, 0) is 32.7 Å². The van der Waals surface area contributed by atoms with Gasteiger partial charge in [-0.15, -0.1) is 0 Å². The van der Waals surface area contributed by atoms with Crippen LogP contribution in [0.1, 0.15) is 27.2 Å². The molecule has 0 bridgehead atoms. The molecule has 1 aliphatic rings. The summed E-state index contributed by atoms with van der Waals surface area (Å²) in [5, 5.41) is 12.5. The molecule has 1 heterocycles. The van der Waals surface area contributed by atoms with Crippen molar-refractivity contribution in [2.24, 2.45) is 5.11 Å². The average molecular weight is 256 g/mol. The smallest absolute Gasteiger partial charge is 0.411 e. The molecular weight excluding hydrogens is 240 g/mol. The molecule has 0 unspecified atom stereocenters. The van der Waals surface area contributed by atoms with E-state index in [-0.39, 0.29) is 13.0 Å². The Morgan fingerprint density at radius 3 is 2.56 bits per heavy atom. The van der Waals surface area contributed by atoms with Crippen LogP contribution in [0.25, 0.3) is 10.4 Å². The maximum absolute atomic E-state index is 11.8. The molecule has 8 heteroatoms. The zero-order valence-electron chi connectivity index (χ0n) is 10.5. The Balaban J connectivity index is 2.81. The van der Waals surface area contributed by atoms with Crippen LogP contribution in [0.3, 0.4) is 0 Å². The maximum atomic E-state index is 11.8. The molecule has 0 spiro atoms. The number of carboxylic acids is 1. The molecule has 0 aromatic heterocycles. The summed E-state index contributed by atoms with van der Waals surface area (Å²) >= 11 is 0. The maximum Gasteiger partial charge on any atom is 0.411 e. The van der Waals surface area contributed by atoms with Gasteiger partial charge in [0, 0.05) is 11.5 Å². The summed E-state index contributed by atoms with van der Waals surface area (Å²) in [6.07, 6.45) is -0.593. The van der Waals surface area contributed by atoms with Gasteiger partial charge in [0.25, 0.3) is 0 Å². The van der Waals surface area contributed by atoms with Crippen LogP contribution in [-0.4, -0.2) is 46.3 Å². The second-order valence-corrected chi connectivity index (χ2v) is 5.08. The van der Waals surface area contributed by atoms with Crippen LogP contribution in [0.4, 0.5) is 4.79 Å². The van der Waals surface area contributed by atoms with Crippen LogP contribution in [-0.2, 0) is 9.53 Å². The van der Waals surface area contributed by atoms with Crippen LogP contribution < -0.4 is 0 Å². The molecule has 0 aromatic carbocycles. The normalized spacial score (nSPS) is 23.4. The van der Waals surface area contributed by atoms with E-state index in [4.69, 9.17) is 15.4 Å². The van der Waals surface area contributed by atoms with E-state index in [1.807, 2.05) is 0 Å². The molecule has 1 rings (SSSR count). The van der Waals surface area contributed by atoms with Gasteiger partial charge in [0.15, 0.2) is 0 Å². The van der Waals surface area contributed by atoms with Gasteiger partial charge in [-0.1, -0.05) is 5.11 Å². The lowest BCUT2D eigenvalue weighted by Gasteiger charge is -2.26. The fourth-order valence-electron chi connectivity index (χ4n) is 1.73. The summed E-state index contributed by atoms with van der Waals surface area (Å²) in [6, 6.07) is -1.53. The Hall–Kier alpha value is -1.95. The topological polar surface area (TPSA) is 116 Å². The molecular formula is C10H16N4O4. The molecule has 2 atom stereocenters. The Morgan fingerprint density at radius 2 is 2.11 bits per heavy atom. The quantitative estimate of drug-likeness (QED) is 0.460. The fraction of sp³-hybridized carbons (Fsp3) is 0.800. The molecule has 0 aliphatic carbocycles. The minimum absolute atomic E-state index is 0.0654. The molecule has 0 saturated carbocycles. The second kappa shape index (κ2) is 5.14. The Morgan fingerprint density at radius 1 is 1.50 bits per heavy atom. The number of likely N-dealkylation sites (tertiary alicyclic amines) is 1. The first kappa shape index (κ1) is 14.1. The van der Waals surface area contributed by atoms with Crippen molar-refractivity contribution in [3.63, 3.8) is 0 Å². The van der Waals surface area contributed by atoms with Crippen LogP contribution in [0.5, 0.6) is 0 Å². The largest absolute Gasteiger partial charge is 0.480 e. The third-order valence-electron chi connectivity index (χ3n) is 2.41. The van der Waals surface area contributed by atoms with Crippen molar-refractivity contribution in [3.05, 3.63) is 10.4 Å². The first-order valence-corrected chi connectivity index (χ1v) is 5.51. The average Bonchev–Trinajstić information content (AvgIpc) is 2.59. The number of azide groups is 1. The zero-order chi connectivity index (χ0) is 13.9. The van der Waals surface area contributed by atoms with Crippen LogP contribution in [0.15, 0.2) is 5.11 Å². The highest BCUT2D eigenvalue weighted by Crippen LogP contribution is 2.23. The van der Waals surface area contributed by atoms with Gasteiger partial charge in [0.05, 0.1) is 6.04 Å². The highest BCUT2D eigenvalue weighted by Gasteiger charge is 2.41. The van der Waals surface area contributed by atoms with E-state index in [9.17, 15) is 9.59 Å². The highest BCUT2D eigenvalue weighted by molar-refractivity contribution is 5.81. The van der Waals surface area contributed by atoms with Crippen LogP contribution >= 0.6 is 0 Å². The summed E-state index contributed by atoms with van der Waals surface area (Å²) in [4.78, 5) is 26.6. The van der Waals surface area contributed by atoms with Gasteiger partial charge in [0.2, 0.25) is 0 Å². The summed E-state index contributed by atoms with van der Waals surface area (Å²) in [5.41, 5.74) is 7.64. The minimum atomic E-state index is -1.13. The lowest BCUT2D eigenvalue weighted by atomic mass is 10.2. The number of carbonyl (C=O) groups excluding carboxylic acids is 1. The third-order valence-corrected chi connectivity index (χ3v) is 2.41. The van der Waals surface area contributed by atoms with Crippen molar-refractivity contribution in [2.75, 3.05) is 6.54 Å². The standard InChI is InChI=1S/C10H16N4O4/c1-10(2,3)18-9(17)14-5-6(12-13-11)4-7(14)8(15)16/h6-7H,4-5H2,1-3H3,(H,15,16)/t6-,7+/m0/s1. The monoisotopic (exact) mass is 256 g/mol. The van der Waals surface area contributed by atoms with E-state index >= 15 is 0 Å². The number of carboxylic acid groups (broad SMARTS) is 1. The van der Waals surface area contributed by atoms with Gasteiger partial charge in [-0.2, -0.15) is 0 Å². The van der Waals surface area contributed by atoms with E-state index < -0.39 is 29.7 Å². The van der Waals surface area contributed by atoms with E-state index in [0.717, 1.165) is 4.90 Å². The van der Waals surface area contributed by atoms with Crippen LogP contribution in [0, 0.1) is 0 Å². The molecule has 18 heavy (non-hydrogen) atoms. The highest BCUT2D eigenvalue weighted by atomic mass is 16.6. The predicted molar refractivity (Wildman–Crippen MR) is 61.9 cm³/mol. The van der Waals surface area contributed by atoms with Gasteiger partial charge in [0.1, 0.15) is 11.6 Å². The number of ether oxygens (including phenoxy) is 1.